The third-order valence-corrected chi connectivity index (χ3v) is 6.95. The van der Waals surface area contributed by atoms with Crippen LogP contribution in [0, 0.1) is 5.82 Å². The molecule has 1 aliphatic heterocycles. The average molecular weight is 497 g/mol. The average Bonchev–Trinajstić information content (AvgIpc) is 3.28. The van der Waals surface area contributed by atoms with Crippen molar-refractivity contribution in [1.29, 1.82) is 0 Å². The maximum absolute atomic E-state index is 14.8. The van der Waals surface area contributed by atoms with Gasteiger partial charge in [0.2, 0.25) is 0 Å². The van der Waals surface area contributed by atoms with Crippen LogP contribution in [0.1, 0.15) is 36.0 Å². The van der Waals surface area contributed by atoms with E-state index >= 15 is 0 Å². The maximum Gasteiger partial charge on any atom is 0.252 e. The van der Waals surface area contributed by atoms with E-state index in [0.717, 1.165) is 82.0 Å². The number of aromatic nitrogens is 3. The minimum Gasteiger partial charge on any atom is -0.379 e. The molecule has 5 rings (SSSR count). The van der Waals surface area contributed by atoms with Gasteiger partial charge in [-0.3, -0.25) is 14.4 Å². The second-order valence-corrected chi connectivity index (χ2v) is 9.52. The molecule has 0 spiro atoms. The molecule has 2 atom stereocenters. The van der Waals surface area contributed by atoms with Gasteiger partial charge in [0.15, 0.2) is 11.6 Å². The van der Waals surface area contributed by atoms with Crippen molar-refractivity contribution in [3.8, 4) is 0 Å². The summed E-state index contributed by atoms with van der Waals surface area (Å²) in [6.45, 7) is 5.10. The smallest absolute Gasteiger partial charge is 0.252 e. The van der Waals surface area contributed by atoms with Crippen LogP contribution in [-0.4, -0.2) is 70.5 Å². The van der Waals surface area contributed by atoms with Crippen molar-refractivity contribution in [3.63, 3.8) is 0 Å². The van der Waals surface area contributed by atoms with Crippen LogP contribution in [0.15, 0.2) is 30.5 Å². The number of fused-ring (bicyclic) bond motifs is 1. The van der Waals surface area contributed by atoms with Crippen molar-refractivity contribution in [1.82, 2.24) is 19.7 Å². The van der Waals surface area contributed by atoms with Gasteiger partial charge in [-0.15, -0.1) is 0 Å². The number of anilines is 3. The van der Waals surface area contributed by atoms with Crippen LogP contribution in [-0.2, 0) is 11.3 Å². The standard InChI is InChI=1S/C25H33FN8O2/c26-19-14-18(23(28)35)24(31-25(19)30-22-4-2-1-3-20(22)27)29-17-5-6-21-16(13-17)15-34(32-21)8-7-33-9-11-36-12-10-33/h5-6,13-15,20,22H,1-4,7-12,27H2,(H2,28,35)(H2,29,30,31)/t20-,22?/m0/s1. The van der Waals surface area contributed by atoms with E-state index in [1.165, 1.54) is 0 Å². The minimum atomic E-state index is -0.762. The molecule has 1 amide bonds. The molecule has 2 fully saturated rings. The number of ether oxygens (including phenoxy) is 1. The fourth-order valence-electron chi connectivity index (χ4n) is 4.86. The Bertz CT molecular complexity index is 1230. The van der Waals surface area contributed by atoms with Crippen LogP contribution in [0.3, 0.4) is 0 Å². The summed E-state index contributed by atoms with van der Waals surface area (Å²) < 4.78 is 22.1. The maximum atomic E-state index is 14.8. The summed E-state index contributed by atoms with van der Waals surface area (Å²) in [6.07, 6.45) is 5.80. The number of carbonyl (C=O) groups is 1. The summed E-state index contributed by atoms with van der Waals surface area (Å²) in [5.74, 6) is -1.15. The Hall–Kier alpha value is -3.28. The van der Waals surface area contributed by atoms with E-state index < -0.39 is 11.7 Å². The summed E-state index contributed by atoms with van der Waals surface area (Å²) in [6, 6.07) is 6.64. The number of hydrogen-bond donors (Lipinski definition) is 4. The largest absolute Gasteiger partial charge is 0.379 e. The van der Waals surface area contributed by atoms with Crippen molar-refractivity contribution in [3.05, 3.63) is 41.8 Å². The normalized spacial score (nSPS) is 20.9. The van der Waals surface area contributed by atoms with Crippen LogP contribution in [0.25, 0.3) is 10.9 Å². The number of nitrogens with one attached hydrogen (secondary N) is 2. The third-order valence-electron chi connectivity index (χ3n) is 6.95. The Labute approximate surface area is 209 Å². The first-order valence-corrected chi connectivity index (χ1v) is 12.5. The number of pyridine rings is 1. The first kappa shape index (κ1) is 24.4. The number of amides is 1. The van der Waals surface area contributed by atoms with Gasteiger partial charge in [0.25, 0.3) is 5.91 Å². The lowest BCUT2D eigenvalue weighted by Crippen LogP contribution is -2.43. The van der Waals surface area contributed by atoms with Gasteiger partial charge in [-0.05, 0) is 37.1 Å². The highest BCUT2D eigenvalue weighted by Crippen LogP contribution is 2.28. The second-order valence-electron chi connectivity index (χ2n) is 9.52. The predicted molar refractivity (Wildman–Crippen MR) is 137 cm³/mol. The van der Waals surface area contributed by atoms with E-state index in [9.17, 15) is 9.18 Å². The molecule has 0 bridgehead atoms. The van der Waals surface area contributed by atoms with Gasteiger partial charge in [0.05, 0.1) is 30.8 Å². The van der Waals surface area contributed by atoms with Crippen molar-refractivity contribution >= 4 is 34.1 Å². The van der Waals surface area contributed by atoms with Crippen LogP contribution in [0.4, 0.5) is 21.7 Å². The summed E-state index contributed by atoms with van der Waals surface area (Å²) >= 11 is 0. The van der Waals surface area contributed by atoms with Gasteiger partial charge in [-0.1, -0.05) is 12.8 Å². The van der Waals surface area contributed by atoms with Gasteiger partial charge < -0.3 is 26.8 Å². The number of halogens is 1. The molecule has 1 saturated carbocycles. The highest BCUT2D eigenvalue weighted by molar-refractivity contribution is 5.99. The quantitative estimate of drug-likeness (QED) is 0.373. The summed E-state index contributed by atoms with van der Waals surface area (Å²) in [7, 11) is 0. The minimum absolute atomic E-state index is 0.0210. The van der Waals surface area contributed by atoms with E-state index in [1.54, 1.807) is 0 Å². The van der Waals surface area contributed by atoms with Gasteiger partial charge in [-0.25, -0.2) is 9.37 Å². The highest BCUT2D eigenvalue weighted by Gasteiger charge is 2.24. The zero-order chi connectivity index (χ0) is 25.1. The van der Waals surface area contributed by atoms with Gasteiger partial charge in [-0.2, -0.15) is 5.10 Å². The third kappa shape index (κ3) is 5.58. The molecule has 1 aromatic carbocycles. The van der Waals surface area contributed by atoms with E-state index in [4.69, 9.17) is 16.2 Å². The van der Waals surface area contributed by atoms with Crippen molar-refractivity contribution in [2.24, 2.45) is 11.5 Å². The fourth-order valence-corrected chi connectivity index (χ4v) is 4.86. The van der Waals surface area contributed by atoms with Crippen LogP contribution in [0.5, 0.6) is 0 Å². The van der Waals surface area contributed by atoms with Gasteiger partial charge in [0.1, 0.15) is 5.82 Å². The predicted octanol–water partition coefficient (Wildman–Crippen LogP) is 2.43. The topological polar surface area (TPSA) is 136 Å². The molecule has 0 radical (unpaired) electrons. The molecule has 2 aliphatic rings. The molecule has 11 heteroatoms. The molecule has 1 saturated heterocycles. The molecule has 10 nitrogen and oxygen atoms in total. The van der Waals surface area contributed by atoms with Gasteiger partial charge in [0, 0.05) is 49.0 Å². The molecular formula is C25H33FN8O2. The Balaban J connectivity index is 1.34. The zero-order valence-electron chi connectivity index (χ0n) is 20.3. The number of benzene rings is 1. The highest BCUT2D eigenvalue weighted by atomic mass is 19.1. The Morgan fingerprint density at radius 3 is 2.72 bits per heavy atom. The number of rotatable bonds is 8. The van der Waals surface area contributed by atoms with E-state index in [0.29, 0.717) is 5.69 Å². The summed E-state index contributed by atoms with van der Waals surface area (Å²) in [5, 5.41) is 11.9. The molecule has 3 heterocycles. The molecule has 36 heavy (non-hydrogen) atoms. The van der Waals surface area contributed by atoms with E-state index in [2.05, 4.69) is 25.6 Å². The zero-order valence-corrected chi connectivity index (χ0v) is 20.3. The Morgan fingerprint density at radius 1 is 1.14 bits per heavy atom. The molecular weight excluding hydrogens is 463 g/mol. The van der Waals surface area contributed by atoms with E-state index in [-0.39, 0.29) is 29.3 Å². The van der Waals surface area contributed by atoms with Gasteiger partial charge >= 0.3 is 0 Å². The molecule has 1 aliphatic carbocycles. The lowest BCUT2D eigenvalue weighted by molar-refractivity contribution is 0.0360. The van der Waals surface area contributed by atoms with Crippen LogP contribution in [0.2, 0.25) is 0 Å². The first-order valence-electron chi connectivity index (χ1n) is 12.5. The second kappa shape index (κ2) is 10.8. The number of nitrogens with two attached hydrogens (primary N) is 2. The summed E-state index contributed by atoms with van der Waals surface area (Å²) in [4.78, 5) is 18.8. The van der Waals surface area contributed by atoms with Crippen LogP contribution >= 0.6 is 0 Å². The lowest BCUT2D eigenvalue weighted by Gasteiger charge is -2.30. The lowest BCUT2D eigenvalue weighted by atomic mass is 9.91. The Kier molecular flexibility index (Phi) is 7.30. The Morgan fingerprint density at radius 2 is 1.94 bits per heavy atom. The number of nitrogens with zero attached hydrogens (tertiary/aromatic N) is 4. The fraction of sp³-hybridized carbons (Fsp3) is 0.480. The molecule has 3 aromatic rings. The molecule has 192 valence electrons. The summed E-state index contributed by atoms with van der Waals surface area (Å²) in [5.41, 5.74) is 13.3. The monoisotopic (exact) mass is 496 g/mol. The molecule has 1 unspecified atom stereocenters. The number of carbonyl (C=O) groups excluding carboxylic acids is 1. The number of primary amides is 1. The van der Waals surface area contributed by atoms with Crippen molar-refractivity contribution < 1.29 is 13.9 Å². The molecule has 6 N–H and O–H groups in total. The molecule has 2 aromatic heterocycles. The number of hydrogen-bond acceptors (Lipinski definition) is 8. The van der Waals surface area contributed by atoms with E-state index in [1.807, 2.05) is 29.1 Å². The van der Waals surface area contributed by atoms with Crippen molar-refractivity contribution in [2.75, 3.05) is 43.5 Å². The first-order chi connectivity index (χ1) is 17.5. The van der Waals surface area contributed by atoms with Crippen LogP contribution < -0.4 is 22.1 Å². The SMILES string of the molecule is NC(=O)c1cc(F)c(NC2CCCC[C@@H]2N)nc1Nc1ccc2nn(CCN3CCOCC3)cc2c1. The number of morpholine rings is 1. The van der Waals surface area contributed by atoms with Crippen molar-refractivity contribution in [2.45, 2.75) is 44.3 Å².